The lowest BCUT2D eigenvalue weighted by Crippen LogP contribution is -2.13. The van der Waals surface area contributed by atoms with Gasteiger partial charge in [0.05, 0.1) is 19.2 Å². The lowest BCUT2D eigenvalue weighted by Gasteiger charge is -2.08. The summed E-state index contributed by atoms with van der Waals surface area (Å²) in [6.07, 6.45) is 0.859. The van der Waals surface area contributed by atoms with Crippen molar-refractivity contribution in [2.75, 3.05) is 7.11 Å². The van der Waals surface area contributed by atoms with Gasteiger partial charge in [-0.25, -0.2) is 0 Å². The Morgan fingerprint density at radius 1 is 1.23 bits per heavy atom. The third-order valence-electron chi connectivity index (χ3n) is 3.67. The third-order valence-corrected chi connectivity index (χ3v) is 3.92. The smallest absolute Gasteiger partial charge is 0.311 e. The number of ketones is 1. The fourth-order valence-corrected chi connectivity index (χ4v) is 2.55. The molecule has 1 aromatic carbocycles. The largest absolute Gasteiger partial charge is 0.469 e. The summed E-state index contributed by atoms with van der Waals surface area (Å²) >= 11 is 5.86. The molecule has 0 atom stereocenters. The predicted molar refractivity (Wildman–Crippen MR) is 85.4 cm³/mol. The number of rotatable bonds is 5. The van der Waals surface area contributed by atoms with E-state index in [0.717, 1.165) is 11.3 Å². The van der Waals surface area contributed by atoms with E-state index in [9.17, 15) is 9.59 Å². The average Bonchev–Trinajstić information content (AvgIpc) is 2.83. The van der Waals surface area contributed by atoms with Crippen LogP contribution in [0.15, 0.2) is 30.3 Å². The van der Waals surface area contributed by atoms with Crippen molar-refractivity contribution in [2.24, 2.45) is 7.05 Å². The molecule has 0 saturated heterocycles. The van der Waals surface area contributed by atoms with Crippen LogP contribution >= 0.6 is 11.6 Å². The normalized spacial score (nSPS) is 10.5. The van der Waals surface area contributed by atoms with Crippen LogP contribution in [-0.4, -0.2) is 23.4 Å². The Bertz CT molecular complexity index is 701. The van der Waals surface area contributed by atoms with Gasteiger partial charge in [0.1, 0.15) is 0 Å². The van der Waals surface area contributed by atoms with E-state index in [4.69, 9.17) is 16.3 Å². The fraction of sp³-hybridized carbons (Fsp3) is 0.294. The number of carbonyl (C=O) groups is 2. The third kappa shape index (κ3) is 3.22. The minimum absolute atomic E-state index is 0.0767. The first-order valence-electron chi connectivity index (χ1n) is 7.02. The molecule has 0 spiro atoms. The highest BCUT2D eigenvalue weighted by Gasteiger charge is 2.20. The minimum atomic E-state index is -0.325. The first kappa shape index (κ1) is 16.3. The van der Waals surface area contributed by atoms with Crippen LogP contribution in [0.5, 0.6) is 0 Å². The Morgan fingerprint density at radius 2 is 1.86 bits per heavy atom. The zero-order chi connectivity index (χ0) is 16.3. The van der Waals surface area contributed by atoms with Crippen LogP contribution in [0.25, 0.3) is 0 Å². The van der Waals surface area contributed by atoms with E-state index >= 15 is 0 Å². The molecule has 1 aromatic heterocycles. The Morgan fingerprint density at radius 3 is 2.41 bits per heavy atom. The molecule has 0 aliphatic heterocycles. The first-order chi connectivity index (χ1) is 10.5. The number of benzene rings is 1. The van der Waals surface area contributed by atoms with E-state index in [-0.39, 0.29) is 18.2 Å². The summed E-state index contributed by atoms with van der Waals surface area (Å²) < 4.78 is 6.47. The van der Waals surface area contributed by atoms with Crippen molar-refractivity contribution in [1.29, 1.82) is 0 Å². The van der Waals surface area contributed by atoms with E-state index in [1.807, 2.05) is 13.0 Å². The highest BCUT2D eigenvalue weighted by molar-refractivity contribution is 6.30. The number of halogens is 1. The molecule has 0 unspecified atom stereocenters. The van der Waals surface area contributed by atoms with E-state index in [2.05, 4.69) is 0 Å². The Hall–Kier alpha value is -2.07. The van der Waals surface area contributed by atoms with Crippen LogP contribution in [0.2, 0.25) is 5.02 Å². The molecule has 116 valence electrons. The van der Waals surface area contributed by atoms with Crippen LogP contribution in [-0.2, 0) is 29.4 Å². The monoisotopic (exact) mass is 319 g/mol. The lowest BCUT2D eigenvalue weighted by molar-refractivity contribution is -0.139. The Labute approximate surface area is 134 Å². The van der Waals surface area contributed by atoms with Crippen LogP contribution in [0, 0.1) is 0 Å². The van der Waals surface area contributed by atoms with Crippen molar-refractivity contribution in [3.8, 4) is 0 Å². The average molecular weight is 320 g/mol. The summed E-state index contributed by atoms with van der Waals surface area (Å²) in [5.74, 6) is -0.402. The lowest BCUT2D eigenvalue weighted by atomic mass is 10.0. The molecule has 5 heteroatoms. The number of carbonyl (C=O) groups excluding carboxylic acids is 2. The van der Waals surface area contributed by atoms with E-state index in [1.165, 1.54) is 7.11 Å². The zero-order valence-electron chi connectivity index (χ0n) is 12.9. The molecular weight excluding hydrogens is 302 g/mol. The second-order valence-electron chi connectivity index (χ2n) is 5.01. The quantitative estimate of drug-likeness (QED) is 0.628. The van der Waals surface area contributed by atoms with Gasteiger partial charge in [-0.2, -0.15) is 0 Å². The number of esters is 1. The molecule has 0 amide bonds. The maximum absolute atomic E-state index is 12.7. The van der Waals surface area contributed by atoms with Gasteiger partial charge in [0.2, 0.25) is 5.78 Å². The maximum Gasteiger partial charge on any atom is 0.311 e. The molecular formula is C17H18ClNO3. The maximum atomic E-state index is 12.7. The summed E-state index contributed by atoms with van der Waals surface area (Å²) in [5.41, 5.74) is 2.86. The summed E-state index contributed by atoms with van der Waals surface area (Å²) in [7, 11) is 3.15. The number of aromatic nitrogens is 1. The van der Waals surface area contributed by atoms with Gasteiger partial charge in [0, 0.05) is 23.3 Å². The number of ether oxygens (including phenoxy) is 1. The molecule has 1 heterocycles. The summed E-state index contributed by atoms with van der Waals surface area (Å²) in [5, 5.41) is 0.588. The van der Waals surface area contributed by atoms with Crippen molar-refractivity contribution < 1.29 is 14.3 Å². The number of nitrogens with zero attached hydrogens (tertiary/aromatic N) is 1. The minimum Gasteiger partial charge on any atom is -0.469 e. The molecule has 22 heavy (non-hydrogen) atoms. The molecule has 2 rings (SSSR count). The first-order valence-corrected chi connectivity index (χ1v) is 7.40. The second kappa shape index (κ2) is 6.79. The van der Waals surface area contributed by atoms with Crippen molar-refractivity contribution in [2.45, 2.75) is 19.8 Å². The van der Waals surface area contributed by atoms with Gasteiger partial charge in [0.25, 0.3) is 0 Å². The van der Waals surface area contributed by atoms with Crippen LogP contribution in [0.1, 0.15) is 34.2 Å². The van der Waals surface area contributed by atoms with E-state index in [0.29, 0.717) is 22.7 Å². The molecule has 0 bridgehead atoms. The number of hydrogen-bond acceptors (Lipinski definition) is 3. The molecule has 0 aliphatic rings. The van der Waals surface area contributed by atoms with E-state index in [1.54, 1.807) is 35.9 Å². The van der Waals surface area contributed by atoms with Gasteiger partial charge in [-0.3, -0.25) is 9.59 Å². The highest BCUT2D eigenvalue weighted by Crippen LogP contribution is 2.21. The van der Waals surface area contributed by atoms with Gasteiger partial charge in [-0.1, -0.05) is 18.5 Å². The fourth-order valence-electron chi connectivity index (χ4n) is 2.42. The van der Waals surface area contributed by atoms with Crippen LogP contribution in [0.4, 0.5) is 0 Å². The molecule has 0 saturated carbocycles. The van der Waals surface area contributed by atoms with Crippen molar-refractivity contribution in [1.82, 2.24) is 4.57 Å². The summed E-state index contributed by atoms with van der Waals surface area (Å²) in [4.78, 5) is 24.2. The van der Waals surface area contributed by atoms with Crippen LogP contribution in [0.3, 0.4) is 0 Å². The second-order valence-corrected chi connectivity index (χ2v) is 5.45. The van der Waals surface area contributed by atoms with Gasteiger partial charge < -0.3 is 9.30 Å². The standard InChI is InChI=1S/C17H18ClNO3/c1-4-11-9-14(10-15(20)22-3)19(2)16(11)17(21)12-5-7-13(18)8-6-12/h5-9H,4,10H2,1-3H3. The molecule has 0 aliphatic carbocycles. The highest BCUT2D eigenvalue weighted by atomic mass is 35.5. The number of hydrogen-bond donors (Lipinski definition) is 0. The molecule has 0 radical (unpaired) electrons. The predicted octanol–water partition coefficient (Wildman–Crippen LogP) is 3.19. The molecule has 0 fully saturated rings. The van der Waals surface area contributed by atoms with Crippen molar-refractivity contribution in [3.63, 3.8) is 0 Å². The molecule has 2 aromatic rings. The molecule has 0 N–H and O–H groups in total. The van der Waals surface area contributed by atoms with Crippen molar-refractivity contribution in [3.05, 3.63) is 57.9 Å². The molecule has 4 nitrogen and oxygen atoms in total. The Kier molecular flexibility index (Phi) is 5.03. The summed E-state index contributed by atoms with van der Waals surface area (Å²) in [6.45, 7) is 1.98. The Balaban J connectivity index is 2.43. The van der Waals surface area contributed by atoms with Gasteiger partial charge >= 0.3 is 5.97 Å². The zero-order valence-corrected chi connectivity index (χ0v) is 13.6. The topological polar surface area (TPSA) is 48.3 Å². The summed E-state index contributed by atoms with van der Waals surface area (Å²) in [6, 6.07) is 8.69. The SMILES string of the molecule is CCc1cc(CC(=O)OC)n(C)c1C(=O)c1ccc(Cl)cc1. The van der Waals surface area contributed by atoms with E-state index < -0.39 is 0 Å². The van der Waals surface area contributed by atoms with Crippen LogP contribution < -0.4 is 0 Å². The number of methoxy groups -OCH3 is 1. The van der Waals surface area contributed by atoms with Gasteiger partial charge in [0.15, 0.2) is 0 Å². The van der Waals surface area contributed by atoms with Gasteiger partial charge in [-0.05, 0) is 42.3 Å². The number of aryl methyl sites for hydroxylation is 1. The van der Waals surface area contributed by atoms with Crippen molar-refractivity contribution >= 4 is 23.4 Å². The van der Waals surface area contributed by atoms with Gasteiger partial charge in [-0.15, -0.1) is 0 Å².